The van der Waals surface area contributed by atoms with Crippen LogP contribution in [0.25, 0.3) is 22.1 Å². The lowest BCUT2D eigenvalue weighted by molar-refractivity contribution is 0.317. The molecule has 0 bridgehead atoms. The van der Waals surface area contributed by atoms with Crippen molar-refractivity contribution < 1.29 is 4.74 Å². The molecular formula is C20H19BrN6O. The summed E-state index contributed by atoms with van der Waals surface area (Å²) in [6.07, 6.45) is 2.62. The van der Waals surface area contributed by atoms with Crippen LogP contribution in [0.1, 0.15) is 24.5 Å². The third kappa shape index (κ3) is 3.82. The summed E-state index contributed by atoms with van der Waals surface area (Å²) in [5, 5.41) is 13.7. The molecule has 0 aliphatic rings. The van der Waals surface area contributed by atoms with E-state index in [-0.39, 0.29) is 0 Å². The zero-order chi connectivity index (χ0) is 19.5. The van der Waals surface area contributed by atoms with Gasteiger partial charge in [0.1, 0.15) is 11.3 Å². The lowest BCUT2D eigenvalue weighted by Crippen LogP contribution is -2.01. The molecule has 0 saturated carbocycles. The molecule has 0 radical (unpaired) electrons. The fourth-order valence-electron chi connectivity index (χ4n) is 2.86. The maximum Gasteiger partial charge on any atom is 0.265 e. The SMILES string of the molecule is CCCOc1ccc(Br)cc1/C=N/Nc1nnc2c(n1)[nH]c1ccc(C)cc12. The number of rotatable bonds is 6. The Morgan fingerprint density at radius 1 is 1.21 bits per heavy atom. The van der Waals surface area contributed by atoms with Crippen LogP contribution in [0.15, 0.2) is 46.0 Å². The van der Waals surface area contributed by atoms with Crippen molar-refractivity contribution in [2.45, 2.75) is 20.3 Å². The van der Waals surface area contributed by atoms with Gasteiger partial charge in [0, 0.05) is 20.9 Å². The fourth-order valence-corrected chi connectivity index (χ4v) is 3.23. The number of H-pyrrole nitrogens is 1. The lowest BCUT2D eigenvalue weighted by Gasteiger charge is -2.08. The Hall–Kier alpha value is -3.00. The molecule has 4 aromatic rings. The number of aromatic nitrogens is 4. The number of hydrogen-bond donors (Lipinski definition) is 2. The number of nitrogens with one attached hydrogen (secondary N) is 2. The number of aryl methyl sites for hydroxylation is 1. The highest BCUT2D eigenvalue weighted by Gasteiger charge is 2.09. The monoisotopic (exact) mass is 438 g/mol. The van der Waals surface area contributed by atoms with Crippen LogP contribution in [0.2, 0.25) is 0 Å². The number of halogens is 1. The number of ether oxygens (including phenoxy) is 1. The molecule has 142 valence electrons. The van der Waals surface area contributed by atoms with E-state index in [2.05, 4.69) is 59.6 Å². The molecule has 2 heterocycles. The predicted octanol–water partition coefficient (Wildman–Crippen LogP) is 4.81. The standard InChI is InChI=1S/C20H19BrN6O/c1-3-8-28-17-7-5-14(21)10-13(17)11-22-26-20-24-19-18(25-27-20)15-9-12(2)4-6-16(15)23-19/h4-7,9-11H,3,8H2,1-2H3,(H2,23,24,26,27)/b22-11+. The van der Waals surface area contributed by atoms with Gasteiger partial charge in [-0.25, -0.2) is 5.43 Å². The van der Waals surface area contributed by atoms with E-state index in [0.29, 0.717) is 18.2 Å². The smallest absolute Gasteiger partial charge is 0.265 e. The first-order chi connectivity index (χ1) is 13.6. The van der Waals surface area contributed by atoms with Crippen molar-refractivity contribution in [2.24, 2.45) is 5.10 Å². The Bertz CT molecular complexity index is 1170. The Morgan fingerprint density at radius 2 is 2.11 bits per heavy atom. The summed E-state index contributed by atoms with van der Waals surface area (Å²) in [5.74, 6) is 1.09. The Morgan fingerprint density at radius 3 is 2.96 bits per heavy atom. The highest BCUT2D eigenvalue weighted by molar-refractivity contribution is 9.10. The van der Waals surface area contributed by atoms with Gasteiger partial charge in [0.25, 0.3) is 5.95 Å². The van der Waals surface area contributed by atoms with Gasteiger partial charge in [-0.05, 0) is 43.7 Å². The number of anilines is 1. The molecule has 0 unspecified atom stereocenters. The van der Waals surface area contributed by atoms with Gasteiger partial charge >= 0.3 is 0 Å². The molecule has 0 atom stereocenters. The number of aromatic amines is 1. The van der Waals surface area contributed by atoms with E-state index in [1.165, 1.54) is 0 Å². The Labute approximate surface area is 170 Å². The van der Waals surface area contributed by atoms with Crippen molar-refractivity contribution in [3.8, 4) is 5.75 Å². The average Bonchev–Trinajstić information content (AvgIpc) is 3.04. The van der Waals surface area contributed by atoms with Gasteiger partial charge < -0.3 is 9.72 Å². The minimum absolute atomic E-state index is 0.318. The molecule has 28 heavy (non-hydrogen) atoms. The van der Waals surface area contributed by atoms with E-state index >= 15 is 0 Å². The van der Waals surface area contributed by atoms with E-state index < -0.39 is 0 Å². The molecule has 7 nitrogen and oxygen atoms in total. The van der Waals surface area contributed by atoms with E-state index in [0.717, 1.165) is 44.2 Å². The van der Waals surface area contributed by atoms with Gasteiger partial charge in [0.05, 0.1) is 12.8 Å². The van der Waals surface area contributed by atoms with Crippen LogP contribution in [-0.4, -0.2) is 33.0 Å². The van der Waals surface area contributed by atoms with Crippen molar-refractivity contribution in [3.63, 3.8) is 0 Å². The Balaban J connectivity index is 1.57. The zero-order valence-corrected chi connectivity index (χ0v) is 17.1. The van der Waals surface area contributed by atoms with Gasteiger partial charge in [-0.15, -0.1) is 10.2 Å². The first-order valence-electron chi connectivity index (χ1n) is 8.98. The molecule has 0 spiro atoms. The van der Waals surface area contributed by atoms with Crippen molar-refractivity contribution in [1.82, 2.24) is 20.2 Å². The second-order valence-electron chi connectivity index (χ2n) is 6.41. The van der Waals surface area contributed by atoms with Crippen LogP contribution in [0.3, 0.4) is 0 Å². The summed E-state index contributed by atoms with van der Waals surface area (Å²) in [6.45, 7) is 4.77. The maximum atomic E-state index is 5.76. The molecule has 0 aliphatic heterocycles. The third-order valence-electron chi connectivity index (χ3n) is 4.17. The van der Waals surface area contributed by atoms with Crippen LogP contribution in [-0.2, 0) is 0 Å². The van der Waals surface area contributed by atoms with Crippen molar-refractivity contribution in [2.75, 3.05) is 12.0 Å². The van der Waals surface area contributed by atoms with Crippen LogP contribution in [0.5, 0.6) is 5.75 Å². The molecule has 2 aromatic heterocycles. The molecule has 0 saturated heterocycles. The van der Waals surface area contributed by atoms with Gasteiger partial charge in [0.2, 0.25) is 0 Å². The molecule has 4 rings (SSSR count). The van der Waals surface area contributed by atoms with E-state index in [4.69, 9.17) is 4.74 Å². The molecule has 8 heteroatoms. The third-order valence-corrected chi connectivity index (χ3v) is 4.66. The summed E-state index contributed by atoms with van der Waals surface area (Å²) in [5.41, 5.74) is 7.25. The minimum atomic E-state index is 0.318. The Kier molecular flexibility index (Phi) is 5.21. The normalized spacial score (nSPS) is 11.5. The van der Waals surface area contributed by atoms with E-state index in [1.807, 2.05) is 37.3 Å². The van der Waals surface area contributed by atoms with Gasteiger partial charge in [0.15, 0.2) is 5.65 Å². The molecule has 2 N–H and O–H groups in total. The maximum absolute atomic E-state index is 5.76. The summed E-state index contributed by atoms with van der Waals surface area (Å²) in [4.78, 5) is 7.73. The van der Waals surface area contributed by atoms with Crippen LogP contribution in [0.4, 0.5) is 5.95 Å². The summed E-state index contributed by atoms with van der Waals surface area (Å²) >= 11 is 3.47. The van der Waals surface area contributed by atoms with Gasteiger partial charge in [-0.2, -0.15) is 10.1 Å². The van der Waals surface area contributed by atoms with E-state index in [9.17, 15) is 0 Å². The molecular weight excluding hydrogens is 420 g/mol. The lowest BCUT2D eigenvalue weighted by atomic mass is 10.2. The van der Waals surface area contributed by atoms with Crippen molar-refractivity contribution in [3.05, 3.63) is 52.0 Å². The van der Waals surface area contributed by atoms with Crippen LogP contribution < -0.4 is 10.2 Å². The number of hydrazone groups is 1. The predicted molar refractivity (Wildman–Crippen MR) is 115 cm³/mol. The van der Waals surface area contributed by atoms with Crippen LogP contribution in [0, 0.1) is 6.92 Å². The van der Waals surface area contributed by atoms with Gasteiger partial charge in [-0.1, -0.05) is 34.5 Å². The zero-order valence-electron chi connectivity index (χ0n) is 15.5. The molecule has 0 aliphatic carbocycles. The minimum Gasteiger partial charge on any atom is -0.493 e. The van der Waals surface area contributed by atoms with Gasteiger partial charge in [-0.3, -0.25) is 0 Å². The molecule has 2 aromatic carbocycles. The second-order valence-corrected chi connectivity index (χ2v) is 7.32. The fraction of sp³-hybridized carbons (Fsp3) is 0.200. The largest absolute Gasteiger partial charge is 0.493 e. The number of benzene rings is 2. The number of fused-ring (bicyclic) bond motifs is 3. The average molecular weight is 439 g/mol. The summed E-state index contributed by atoms with van der Waals surface area (Å²) in [6, 6.07) is 11.9. The quantitative estimate of drug-likeness (QED) is 0.333. The van der Waals surface area contributed by atoms with E-state index in [1.54, 1.807) is 6.21 Å². The summed E-state index contributed by atoms with van der Waals surface area (Å²) < 4.78 is 6.71. The highest BCUT2D eigenvalue weighted by Crippen LogP contribution is 2.24. The number of nitrogens with zero attached hydrogens (tertiary/aromatic N) is 4. The van der Waals surface area contributed by atoms with Crippen molar-refractivity contribution in [1.29, 1.82) is 0 Å². The first kappa shape index (κ1) is 18.4. The topological polar surface area (TPSA) is 88.1 Å². The van der Waals surface area contributed by atoms with Crippen LogP contribution >= 0.6 is 15.9 Å². The molecule has 0 amide bonds. The second kappa shape index (κ2) is 7.93. The number of hydrogen-bond acceptors (Lipinski definition) is 6. The first-order valence-corrected chi connectivity index (χ1v) is 9.77. The highest BCUT2D eigenvalue weighted by atomic mass is 79.9. The van der Waals surface area contributed by atoms with Crippen molar-refractivity contribution >= 4 is 50.2 Å². The summed E-state index contributed by atoms with van der Waals surface area (Å²) in [7, 11) is 0. The molecule has 0 fully saturated rings.